The van der Waals surface area contributed by atoms with E-state index in [0.29, 0.717) is 31.3 Å². The number of rotatable bonds is 8. The van der Waals surface area contributed by atoms with Gasteiger partial charge in [0.15, 0.2) is 0 Å². The molecule has 0 N–H and O–H groups in total. The van der Waals surface area contributed by atoms with Crippen molar-refractivity contribution in [3.8, 4) is 0 Å². The molecule has 0 aromatic heterocycles. The maximum atomic E-state index is 11.8. The number of halogens is 1. The average molecular weight is 416 g/mol. The molecule has 0 unspecified atom stereocenters. The lowest BCUT2D eigenvalue weighted by Gasteiger charge is -2.22. The quantitative estimate of drug-likeness (QED) is 0.472. The van der Waals surface area contributed by atoms with E-state index in [0.717, 1.165) is 12.8 Å². The van der Waals surface area contributed by atoms with Crippen LogP contribution in [0.3, 0.4) is 0 Å². The van der Waals surface area contributed by atoms with E-state index in [1.54, 1.807) is 0 Å². The molecular formula is C18H25IO3. The van der Waals surface area contributed by atoms with Crippen LogP contribution in [0.2, 0.25) is 0 Å². The van der Waals surface area contributed by atoms with Gasteiger partial charge in [-0.3, -0.25) is 4.79 Å². The molecule has 3 nitrogen and oxygen atoms in total. The largest absolute Gasteiger partial charge is 0.376 e. The van der Waals surface area contributed by atoms with Crippen LogP contribution in [-0.2, 0) is 20.9 Å². The van der Waals surface area contributed by atoms with Gasteiger partial charge in [0, 0.05) is 12.3 Å². The normalized spacial score (nSPS) is 24.1. The molecule has 0 saturated carbocycles. The van der Waals surface area contributed by atoms with Gasteiger partial charge in [0.1, 0.15) is 5.78 Å². The summed E-state index contributed by atoms with van der Waals surface area (Å²) in [6, 6.07) is 10.2. The standard InChI is InChI=1S/C18H25IO3/c1-3-15(20)18(19)17-10-9-16(22-17)13(2)11-21-12-14-7-5-4-6-8-14/h4-8,13,16-18H,3,9-12H2,1-2H3/t13-,16+,17-,18+/m1/s1. The van der Waals surface area contributed by atoms with Crippen LogP contribution < -0.4 is 0 Å². The van der Waals surface area contributed by atoms with Gasteiger partial charge >= 0.3 is 0 Å². The van der Waals surface area contributed by atoms with Gasteiger partial charge in [0.25, 0.3) is 0 Å². The van der Waals surface area contributed by atoms with Crippen molar-refractivity contribution in [1.82, 2.24) is 0 Å². The number of carbonyl (C=O) groups excluding carboxylic acids is 1. The molecule has 2 rings (SSSR count). The molecule has 1 aliphatic rings. The summed E-state index contributed by atoms with van der Waals surface area (Å²) in [6.45, 7) is 5.42. The SMILES string of the molecule is CCC(=O)[C@H](I)[C@H]1CC[C@@H]([C@H](C)COCc2ccccc2)O1. The Kier molecular flexibility index (Phi) is 7.31. The number of hydrogen-bond acceptors (Lipinski definition) is 3. The van der Waals surface area contributed by atoms with Crippen LogP contribution in [-0.4, -0.2) is 28.5 Å². The summed E-state index contributed by atoms with van der Waals surface area (Å²) in [5.41, 5.74) is 1.20. The summed E-state index contributed by atoms with van der Waals surface area (Å²) >= 11 is 2.23. The van der Waals surface area contributed by atoms with Gasteiger partial charge in [0.05, 0.1) is 29.3 Å². The molecule has 4 heteroatoms. The number of hydrogen-bond donors (Lipinski definition) is 0. The van der Waals surface area contributed by atoms with Crippen molar-refractivity contribution >= 4 is 28.4 Å². The molecule has 0 aliphatic carbocycles. The average Bonchev–Trinajstić information content (AvgIpc) is 3.04. The molecule has 0 radical (unpaired) electrons. The summed E-state index contributed by atoms with van der Waals surface area (Å²) in [4.78, 5) is 11.8. The molecule has 0 bridgehead atoms. The second-order valence-electron chi connectivity index (χ2n) is 5.99. The number of ether oxygens (including phenoxy) is 2. The highest BCUT2D eigenvalue weighted by Crippen LogP contribution is 2.31. The summed E-state index contributed by atoms with van der Waals surface area (Å²) in [7, 11) is 0. The van der Waals surface area contributed by atoms with Crippen molar-refractivity contribution in [2.45, 2.75) is 55.8 Å². The van der Waals surface area contributed by atoms with Crippen LogP contribution >= 0.6 is 22.6 Å². The molecule has 1 aliphatic heterocycles. The van der Waals surface area contributed by atoms with Gasteiger partial charge in [-0.05, 0) is 18.4 Å². The van der Waals surface area contributed by atoms with Crippen LogP contribution in [0.1, 0.15) is 38.7 Å². The molecule has 0 spiro atoms. The summed E-state index contributed by atoms with van der Waals surface area (Å²) in [6.07, 6.45) is 2.88. The highest BCUT2D eigenvalue weighted by Gasteiger charge is 2.35. The van der Waals surface area contributed by atoms with Gasteiger partial charge < -0.3 is 9.47 Å². The topological polar surface area (TPSA) is 35.5 Å². The Balaban J connectivity index is 1.72. The predicted octanol–water partition coefficient (Wildman–Crippen LogP) is 4.17. The fraction of sp³-hybridized carbons (Fsp3) is 0.611. The lowest BCUT2D eigenvalue weighted by molar-refractivity contribution is -0.120. The maximum absolute atomic E-state index is 11.8. The fourth-order valence-electron chi connectivity index (χ4n) is 2.77. The molecule has 1 fully saturated rings. The van der Waals surface area contributed by atoms with E-state index < -0.39 is 0 Å². The number of benzene rings is 1. The Morgan fingerprint density at radius 1 is 1.32 bits per heavy atom. The Morgan fingerprint density at radius 3 is 2.68 bits per heavy atom. The lowest BCUT2D eigenvalue weighted by atomic mass is 10.0. The summed E-state index contributed by atoms with van der Waals surface area (Å²) in [5.74, 6) is 0.647. The van der Waals surface area contributed by atoms with Crippen molar-refractivity contribution < 1.29 is 14.3 Å². The van der Waals surface area contributed by atoms with Gasteiger partial charge in [-0.2, -0.15) is 0 Å². The Bertz CT molecular complexity index is 463. The zero-order valence-corrected chi connectivity index (χ0v) is 15.5. The van der Waals surface area contributed by atoms with E-state index >= 15 is 0 Å². The second kappa shape index (κ2) is 8.99. The number of alkyl halides is 1. The second-order valence-corrected chi connectivity index (χ2v) is 7.33. The van der Waals surface area contributed by atoms with E-state index in [-0.39, 0.29) is 16.1 Å². The van der Waals surface area contributed by atoms with Crippen LogP contribution in [0.15, 0.2) is 30.3 Å². The number of carbonyl (C=O) groups is 1. The van der Waals surface area contributed by atoms with E-state index in [1.165, 1.54) is 5.56 Å². The number of Topliss-reactive ketones (excluding diaryl/α,β-unsaturated/α-hetero) is 1. The van der Waals surface area contributed by atoms with E-state index in [9.17, 15) is 4.79 Å². The Labute approximate surface area is 146 Å². The maximum Gasteiger partial charge on any atom is 0.148 e. The fourth-order valence-corrected chi connectivity index (χ4v) is 3.74. The molecule has 122 valence electrons. The smallest absolute Gasteiger partial charge is 0.148 e. The van der Waals surface area contributed by atoms with Crippen LogP contribution in [0.25, 0.3) is 0 Å². The van der Waals surface area contributed by atoms with Gasteiger partial charge in [0.2, 0.25) is 0 Å². The summed E-state index contributed by atoms with van der Waals surface area (Å²) in [5, 5.41) is 0. The minimum atomic E-state index is -0.00922. The minimum Gasteiger partial charge on any atom is -0.376 e. The third-order valence-corrected chi connectivity index (χ3v) is 5.69. The van der Waals surface area contributed by atoms with Crippen molar-refractivity contribution in [3.63, 3.8) is 0 Å². The zero-order valence-electron chi connectivity index (χ0n) is 13.3. The van der Waals surface area contributed by atoms with Crippen LogP contribution in [0.5, 0.6) is 0 Å². The molecule has 1 aromatic rings. The third-order valence-electron chi connectivity index (χ3n) is 4.19. The van der Waals surface area contributed by atoms with Crippen molar-refractivity contribution in [1.29, 1.82) is 0 Å². The summed E-state index contributed by atoms with van der Waals surface area (Å²) < 4.78 is 11.9. The molecule has 4 atom stereocenters. The monoisotopic (exact) mass is 416 g/mol. The Morgan fingerprint density at radius 2 is 2.00 bits per heavy atom. The molecule has 0 amide bonds. The van der Waals surface area contributed by atoms with E-state index in [4.69, 9.17) is 9.47 Å². The highest BCUT2D eigenvalue weighted by molar-refractivity contribution is 14.1. The van der Waals surface area contributed by atoms with Gasteiger partial charge in [-0.25, -0.2) is 0 Å². The first-order chi connectivity index (χ1) is 10.6. The van der Waals surface area contributed by atoms with Crippen LogP contribution in [0, 0.1) is 5.92 Å². The van der Waals surface area contributed by atoms with Crippen LogP contribution in [0.4, 0.5) is 0 Å². The van der Waals surface area contributed by atoms with Gasteiger partial charge in [-0.15, -0.1) is 0 Å². The first-order valence-electron chi connectivity index (χ1n) is 8.05. The number of ketones is 1. The van der Waals surface area contributed by atoms with Crippen molar-refractivity contribution in [2.24, 2.45) is 5.92 Å². The van der Waals surface area contributed by atoms with Crippen molar-refractivity contribution in [2.75, 3.05) is 6.61 Å². The zero-order chi connectivity index (χ0) is 15.9. The first kappa shape index (κ1) is 17.9. The van der Waals surface area contributed by atoms with Gasteiger partial charge in [-0.1, -0.05) is 66.8 Å². The van der Waals surface area contributed by atoms with E-state index in [2.05, 4.69) is 41.6 Å². The molecule has 22 heavy (non-hydrogen) atoms. The molecule has 1 aromatic carbocycles. The minimum absolute atomic E-state index is 0.00922. The Hall–Kier alpha value is -0.460. The molecule has 1 heterocycles. The highest BCUT2D eigenvalue weighted by atomic mass is 127. The predicted molar refractivity (Wildman–Crippen MR) is 96.3 cm³/mol. The third kappa shape index (κ3) is 5.03. The lowest BCUT2D eigenvalue weighted by Crippen LogP contribution is -2.30. The first-order valence-corrected chi connectivity index (χ1v) is 9.30. The molecular weight excluding hydrogens is 391 g/mol. The molecule has 1 saturated heterocycles. The van der Waals surface area contributed by atoms with E-state index in [1.807, 2.05) is 25.1 Å². The van der Waals surface area contributed by atoms with Crippen molar-refractivity contribution in [3.05, 3.63) is 35.9 Å².